The van der Waals surface area contributed by atoms with Crippen molar-refractivity contribution in [1.82, 2.24) is 10.2 Å². The van der Waals surface area contributed by atoms with Gasteiger partial charge >= 0.3 is 23.7 Å². The molecule has 38 heavy (non-hydrogen) atoms. The predicted octanol–water partition coefficient (Wildman–Crippen LogP) is 2.80. The number of carbonyl (C=O) groups is 4. The number of nitro groups is 1. The van der Waals surface area contributed by atoms with Gasteiger partial charge in [0.15, 0.2) is 11.9 Å². The van der Waals surface area contributed by atoms with E-state index in [1.165, 1.54) is 38.3 Å². The molecule has 1 aliphatic heterocycles. The molecule has 3 rings (SSSR count). The molecule has 0 aliphatic carbocycles. The maximum atomic E-state index is 12.9. The topological polar surface area (TPSA) is 177 Å². The molecule has 0 spiro atoms. The Morgan fingerprint density at radius 3 is 2.58 bits per heavy atom. The summed E-state index contributed by atoms with van der Waals surface area (Å²) < 4.78 is 25.8. The smallest absolute Gasteiger partial charge is 0.373 e. The Morgan fingerprint density at radius 1 is 1.21 bits per heavy atom. The molecule has 1 N–H and O–H groups in total. The van der Waals surface area contributed by atoms with Gasteiger partial charge in [-0.25, -0.2) is 14.4 Å². The number of urea groups is 1. The van der Waals surface area contributed by atoms with Gasteiger partial charge in [0.1, 0.15) is 11.5 Å². The molecule has 14 nitrogen and oxygen atoms in total. The van der Waals surface area contributed by atoms with E-state index in [2.05, 4.69) is 10.1 Å². The summed E-state index contributed by atoms with van der Waals surface area (Å²) in [6.45, 7) is 4.57. The molecular weight excluding hydrogens is 506 g/mol. The van der Waals surface area contributed by atoms with E-state index in [1.54, 1.807) is 13.8 Å². The molecule has 1 aromatic heterocycles. The Hall–Kier alpha value is -4.88. The number of hydrogen-bond donors (Lipinski definition) is 1. The van der Waals surface area contributed by atoms with E-state index in [4.69, 9.17) is 18.6 Å². The SMILES string of the molecule is CCOC(=O)[C@@H](C)Oc1c(OCC)cc(/C=C2\NC(=O)N(Cc3ccc(C(=O)OC)o3)C2=O)cc1[N+](=O)[O-]. The third kappa shape index (κ3) is 6.08. The number of benzene rings is 1. The Kier molecular flexibility index (Phi) is 8.68. The van der Waals surface area contributed by atoms with Crippen LogP contribution >= 0.6 is 0 Å². The van der Waals surface area contributed by atoms with Crippen molar-refractivity contribution in [3.8, 4) is 11.5 Å². The summed E-state index contributed by atoms with van der Waals surface area (Å²) in [5.74, 6) is -2.45. The molecule has 2 heterocycles. The minimum absolute atomic E-state index is 0.0516. The third-order valence-corrected chi connectivity index (χ3v) is 5.10. The van der Waals surface area contributed by atoms with Crippen molar-refractivity contribution in [3.63, 3.8) is 0 Å². The van der Waals surface area contributed by atoms with Crippen LogP contribution in [0.4, 0.5) is 10.5 Å². The molecular formula is C24H25N3O11. The number of hydrogen-bond acceptors (Lipinski definition) is 11. The summed E-state index contributed by atoms with van der Waals surface area (Å²) in [5.41, 5.74) is -0.550. The summed E-state index contributed by atoms with van der Waals surface area (Å²) in [6, 6.07) is 4.48. The first-order valence-corrected chi connectivity index (χ1v) is 11.4. The van der Waals surface area contributed by atoms with E-state index in [9.17, 15) is 29.3 Å². The second-order valence-corrected chi connectivity index (χ2v) is 7.71. The number of furan rings is 1. The Bertz CT molecular complexity index is 1300. The van der Waals surface area contributed by atoms with E-state index in [-0.39, 0.29) is 54.0 Å². The fourth-order valence-electron chi connectivity index (χ4n) is 3.40. The minimum atomic E-state index is -1.16. The van der Waals surface area contributed by atoms with Crippen molar-refractivity contribution in [3.05, 3.63) is 57.2 Å². The number of esters is 2. The van der Waals surface area contributed by atoms with Crippen LogP contribution in [-0.4, -0.2) is 60.1 Å². The van der Waals surface area contributed by atoms with Gasteiger partial charge in [-0.05, 0) is 50.6 Å². The summed E-state index contributed by atoms with van der Waals surface area (Å²) in [7, 11) is 1.18. The molecule has 1 saturated heterocycles. The zero-order chi connectivity index (χ0) is 28.0. The highest BCUT2D eigenvalue weighted by molar-refractivity contribution is 6.13. The van der Waals surface area contributed by atoms with Gasteiger partial charge in [0.25, 0.3) is 5.91 Å². The first kappa shape index (κ1) is 27.7. The largest absolute Gasteiger partial charge is 0.490 e. The summed E-state index contributed by atoms with van der Waals surface area (Å²) in [6.07, 6.45) is 0.0682. The first-order chi connectivity index (χ1) is 18.1. The van der Waals surface area contributed by atoms with Crippen molar-refractivity contribution in [1.29, 1.82) is 0 Å². The van der Waals surface area contributed by atoms with Gasteiger partial charge in [0, 0.05) is 6.07 Å². The van der Waals surface area contributed by atoms with Crippen LogP contribution in [0, 0.1) is 10.1 Å². The molecule has 14 heteroatoms. The molecule has 2 aromatic rings. The van der Waals surface area contributed by atoms with Crippen molar-refractivity contribution in [2.24, 2.45) is 0 Å². The van der Waals surface area contributed by atoms with Crippen LogP contribution in [0.5, 0.6) is 11.5 Å². The fraction of sp³-hybridized carbons (Fsp3) is 0.333. The van der Waals surface area contributed by atoms with Crippen LogP contribution < -0.4 is 14.8 Å². The molecule has 1 aliphatic rings. The van der Waals surface area contributed by atoms with E-state index in [1.807, 2.05) is 0 Å². The lowest BCUT2D eigenvalue weighted by molar-refractivity contribution is -0.386. The molecule has 0 radical (unpaired) electrons. The van der Waals surface area contributed by atoms with Gasteiger partial charge in [0.2, 0.25) is 11.5 Å². The maximum Gasteiger partial charge on any atom is 0.373 e. The van der Waals surface area contributed by atoms with Crippen LogP contribution in [0.15, 0.2) is 34.4 Å². The van der Waals surface area contributed by atoms with Gasteiger partial charge in [-0.2, -0.15) is 0 Å². The van der Waals surface area contributed by atoms with E-state index < -0.39 is 40.6 Å². The molecule has 3 amide bonds. The highest BCUT2D eigenvalue weighted by Crippen LogP contribution is 2.40. The van der Waals surface area contributed by atoms with Crippen LogP contribution in [0.1, 0.15) is 42.6 Å². The molecule has 0 bridgehead atoms. The number of methoxy groups -OCH3 is 1. The first-order valence-electron chi connectivity index (χ1n) is 11.4. The fourth-order valence-corrected chi connectivity index (χ4v) is 3.40. The summed E-state index contributed by atoms with van der Waals surface area (Å²) in [5, 5.41) is 14.2. The monoisotopic (exact) mass is 531 g/mol. The highest BCUT2D eigenvalue weighted by atomic mass is 16.6. The van der Waals surface area contributed by atoms with Crippen molar-refractivity contribution in [2.75, 3.05) is 20.3 Å². The third-order valence-electron chi connectivity index (χ3n) is 5.10. The second-order valence-electron chi connectivity index (χ2n) is 7.71. The van der Waals surface area contributed by atoms with Gasteiger partial charge in [-0.3, -0.25) is 19.8 Å². The van der Waals surface area contributed by atoms with Gasteiger partial charge in [0.05, 0.1) is 31.8 Å². The van der Waals surface area contributed by atoms with Crippen molar-refractivity contribution < 1.29 is 47.5 Å². The number of amides is 3. The number of carbonyl (C=O) groups excluding carboxylic acids is 4. The lowest BCUT2D eigenvalue weighted by Gasteiger charge is -2.17. The zero-order valence-electron chi connectivity index (χ0n) is 21.0. The molecule has 0 saturated carbocycles. The summed E-state index contributed by atoms with van der Waals surface area (Å²) >= 11 is 0. The van der Waals surface area contributed by atoms with Crippen molar-refractivity contribution >= 4 is 35.6 Å². The molecule has 1 fully saturated rings. The summed E-state index contributed by atoms with van der Waals surface area (Å²) in [4.78, 5) is 60.8. The maximum absolute atomic E-state index is 12.9. The highest BCUT2D eigenvalue weighted by Gasteiger charge is 2.35. The quantitative estimate of drug-likeness (QED) is 0.148. The molecule has 0 unspecified atom stereocenters. The number of imide groups is 1. The molecule has 1 aromatic carbocycles. The predicted molar refractivity (Wildman–Crippen MR) is 128 cm³/mol. The lowest BCUT2D eigenvalue weighted by Crippen LogP contribution is -2.30. The number of ether oxygens (including phenoxy) is 4. The number of nitrogens with one attached hydrogen (secondary N) is 1. The van der Waals surface area contributed by atoms with Crippen LogP contribution in [-0.2, 0) is 25.6 Å². The van der Waals surface area contributed by atoms with E-state index in [0.29, 0.717) is 0 Å². The molecule has 202 valence electrons. The lowest BCUT2D eigenvalue weighted by atomic mass is 10.1. The standard InChI is InChI=1S/C24H25N3O11/c1-5-35-19-11-14(10-17(27(32)33)20(19)37-13(3)22(29)36-6-2)9-16-21(28)26(24(31)25-16)12-15-7-8-18(38-15)23(30)34-4/h7-11,13H,5-6,12H2,1-4H3,(H,25,31)/b16-9-/t13-/m1/s1. The van der Waals surface area contributed by atoms with Crippen LogP contribution in [0.3, 0.4) is 0 Å². The van der Waals surface area contributed by atoms with E-state index in [0.717, 1.165) is 11.0 Å². The number of rotatable bonds is 11. The normalized spacial score (nSPS) is 14.7. The molecule has 1 atom stereocenters. The van der Waals surface area contributed by atoms with E-state index >= 15 is 0 Å². The minimum Gasteiger partial charge on any atom is -0.490 e. The number of nitro benzene ring substituents is 1. The van der Waals surface area contributed by atoms with Gasteiger partial charge in [-0.1, -0.05) is 0 Å². The van der Waals surface area contributed by atoms with Crippen LogP contribution in [0.25, 0.3) is 6.08 Å². The van der Waals surface area contributed by atoms with Crippen molar-refractivity contribution in [2.45, 2.75) is 33.4 Å². The second kappa shape index (κ2) is 11.9. The van der Waals surface area contributed by atoms with Crippen LogP contribution in [0.2, 0.25) is 0 Å². The average Bonchev–Trinajstić information content (AvgIpc) is 3.45. The zero-order valence-corrected chi connectivity index (χ0v) is 21.0. The Labute approximate surface area is 216 Å². The van der Waals surface area contributed by atoms with Gasteiger partial charge < -0.3 is 28.7 Å². The average molecular weight is 531 g/mol. The Balaban J connectivity index is 1.91. The number of nitrogens with zero attached hydrogens (tertiary/aromatic N) is 2. The Morgan fingerprint density at radius 2 is 1.95 bits per heavy atom. The van der Waals surface area contributed by atoms with Gasteiger partial charge in [-0.15, -0.1) is 0 Å².